The molecule has 2 amide bonds. The Labute approximate surface area is 155 Å². The predicted molar refractivity (Wildman–Crippen MR) is 99.4 cm³/mol. The van der Waals surface area contributed by atoms with Gasteiger partial charge in [0.25, 0.3) is 0 Å². The molecule has 1 N–H and O–H groups in total. The van der Waals surface area contributed by atoms with Crippen LogP contribution in [0.25, 0.3) is 0 Å². The first-order chi connectivity index (χ1) is 12.7. The highest BCUT2D eigenvalue weighted by Gasteiger charge is 2.34. The van der Waals surface area contributed by atoms with Gasteiger partial charge in [0.2, 0.25) is 6.79 Å². The molecule has 0 bridgehead atoms. The van der Waals surface area contributed by atoms with Crippen LogP contribution in [0.4, 0.5) is 4.79 Å². The molecule has 142 valence electrons. The van der Waals surface area contributed by atoms with Crippen molar-refractivity contribution in [2.75, 3.05) is 33.5 Å². The van der Waals surface area contributed by atoms with Gasteiger partial charge in [-0.1, -0.05) is 12.5 Å². The van der Waals surface area contributed by atoms with E-state index in [1.807, 2.05) is 30.1 Å². The summed E-state index contributed by atoms with van der Waals surface area (Å²) >= 11 is 0. The van der Waals surface area contributed by atoms with Gasteiger partial charge in [0.05, 0.1) is 0 Å². The van der Waals surface area contributed by atoms with Crippen molar-refractivity contribution in [3.05, 3.63) is 23.8 Å². The third kappa shape index (κ3) is 3.75. The van der Waals surface area contributed by atoms with Crippen LogP contribution in [0.5, 0.6) is 11.5 Å². The number of urea groups is 1. The normalized spacial score (nSPS) is 24.8. The molecule has 2 unspecified atom stereocenters. The second-order valence-electron chi connectivity index (χ2n) is 7.73. The van der Waals surface area contributed by atoms with E-state index in [0.29, 0.717) is 18.5 Å². The molecular formula is C20H29N3O3. The van der Waals surface area contributed by atoms with Gasteiger partial charge in [0, 0.05) is 26.2 Å². The van der Waals surface area contributed by atoms with Gasteiger partial charge in [-0.3, -0.25) is 0 Å². The lowest BCUT2D eigenvalue weighted by atomic mass is 9.83. The molecule has 3 aliphatic rings. The Bertz CT molecular complexity index is 649. The molecule has 3 aliphatic heterocycles. The van der Waals surface area contributed by atoms with Crippen LogP contribution in [0.15, 0.2) is 18.2 Å². The number of carbonyl (C=O) groups is 1. The molecule has 2 atom stereocenters. The molecule has 6 nitrogen and oxygen atoms in total. The first kappa shape index (κ1) is 17.5. The summed E-state index contributed by atoms with van der Waals surface area (Å²) in [7, 11) is 1.91. The summed E-state index contributed by atoms with van der Waals surface area (Å²) in [5.74, 6) is 2.13. The van der Waals surface area contributed by atoms with Crippen molar-refractivity contribution in [1.82, 2.24) is 15.1 Å². The molecular weight excluding hydrogens is 330 g/mol. The van der Waals surface area contributed by atoms with Crippen LogP contribution < -0.4 is 14.8 Å². The van der Waals surface area contributed by atoms with Gasteiger partial charge < -0.3 is 24.6 Å². The fourth-order valence-electron chi connectivity index (χ4n) is 4.59. The van der Waals surface area contributed by atoms with Crippen molar-refractivity contribution in [2.24, 2.45) is 5.92 Å². The van der Waals surface area contributed by atoms with Crippen LogP contribution >= 0.6 is 0 Å². The number of hydrogen-bond donors (Lipinski definition) is 1. The molecule has 2 fully saturated rings. The molecule has 0 saturated carbocycles. The first-order valence-electron chi connectivity index (χ1n) is 9.82. The van der Waals surface area contributed by atoms with Gasteiger partial charge in [0.15, 0.2) is 11.5 Å². The molecule has 6 heteroatoms. The minimum atomic E-state index is -0.00407. The summed E-state index contributed by atoms with van der Waals surface area (Å²) < 4.78 is 10.7. The summed E-state index contributed by atoms with van der Waals surface area (Å²) in [6.07, 6.45) is 6.44. The molecule has 0 aliphatic carbocycles. The second-order valence-corrected chi connectivity index (χ2v) is 7.73. The average molecular weight is 359 g/mol. The summed E-state index contributed by atoms with van der Waals surface area (Å²) in [4.78, 5) is 17.0. The zero-order chi connectivity index (χ0) is 17.9. The Hall–Kier alpha value is -1.95. The smallest absolute Gasteiger partial charge is 0.317 e. The summed E-state index contributed by atoms with van der Waals surface area (Å²) in [6.45, 7) is 4.09. The number of hydrogen-bond acceptors (Lipinski definition) is 4. The fraction of sp³-hybridized carbons (Fsp3) is 0.650. The zero-order valence-electron chi connectivity index (χ0n) is 15.6. The Kier molecular flexibility index (Phi) is 5.20. The van der Waals surface area contributed by atoms with Gasteiger partial charge in [-0.25, -0.2) is 4.79 Å². The second kappa shape index (κ2) is 7.74. The van der Waals surface area contributed by atoms with Crippen molar-refractivity contribution >= 4 is 6.03 Å². The maximum Gasteiger partial charge on any atom is 0.317 e. The van der Waals surface area contributed by atoms with E-state index in [2.05, 4.69) is 10.2 Å². The van der Waals surface area contributed by atoms with Crippen LogP contribution in [-0.4, -0.2) is 55.3 Å². The van der Waals surface area contributed by atoms with Crippen molar-refractivity contribution in [2.45, 2.75) is 44.7 Å². The molecule has 1 aromatic rings. The standard InChI is InChI=1S/C20H29N3O3/c1-22(13-16-5-4-10-23-9-3-2-6-17(16)23)20(24)21-12-15-7-8-18-19(11-15)26-14-25-18/h7-8,11,16-17H,2-6,9-10,12-14H2,1H3,(H,21,24). The van der Waals surface area contributed by atoms with E-state index >= 15 is 0 Å². The number of ether oxygens (including phenoxy) is 2. The molecule has 0 aromatic heterocycles. The van der Waals surface area contributed by atoms with E-state index in [4.69, 9.17) is 9.47 Å². The highest BCUT2D eigenvalue weighted by Crippen LogP contribution is 2.33. The minimum Gasteiger partial charge on any atom is -0.454 e. The highest BCUT2D eigenvalue weighted by molar-refractivity contribution is 5.73. The van der Waals surface area contributed by atoms with Crippen molar-refractivity contribution in [1.29, 1.82) is 0 Å². The number of benzene rings is 1. The summed E-state index contributed by atoms with van der Waals surface area (Å²) in [5.41, 5.74) is 1.02. The van der Waals surface area contributed by atoms with Crippen LogP contribution in [0.1, 0.15) is 37.7 Å². The lowest BCUT2D eigenvalue weighted by Crippen LogP contribution is -2.52. The maximum absolute atomic E-state index is 12.5. The van der Waals surface area contributed by atoms with E-state index in [1.165, 1.54) is 45.2 Å². The molecule has 1 aromatic carbocycles. The molecule has 26 heavy (non-hydrogen) atoms. The fourth-order valence-corrected chi connectivity index (χ4v) is 4.59. The molecule has 0 radical (unpaired) electrons. The highest BCUT2D eigenvalue weighted by atomic mass is 16.7. The number of nitrogens with zero attached hydrogens (tertiary/aromatic N) is 2. The SMILES string of the molecule is CN(CC1CCCN2CCCCC12)C(=O)NCc1ccc2c(c1)OCO2. The largest absolute Gasteiger partial charge is 0.454 e. The van der Waals surface area contributed by atoms with Crippen molar-refractivity contribution < 1.29 is 14.3 Å². The number of amides is 2. The number of piperidine rings is 2. The van der Waals surface area contributed by atoms with E-state index < -0.39 is 0 Å². The quantitative estimate of drug-likeness (QED) is 0.898. The summed E-state index contributed by atoms with van der Waals surface area (Å²) in [6, 6.07) is 6.46. The number of nitrogens with one attached hydrogen (secondary N) is 1. The average Bonchev–Trinajstić information content (AvgIpc) is 3.14. The van der Waals surface area contributed by atoms with Gasteiger partial charge in [0.1, 0.15) is 0 Å². The number of carbonyl (C=O) groups excluding carboxylic acids is 1. The van der Waals surface area contributed by atoms with E-state index in [-0.39, 0.29) is 12.8 Å². The number of rotatable bonds is 4. The van der Waals surface area contributed by atoms with E-state index in [0.717, 1.165) is 23.6 Å². The predicted octanol–water partition coefficient (Wildman–Crippen LogP) is 2.82. The monoisotopic (exact) mass is 359 g/mol. The molecule has 3 heterocycles. The van der Waals surface area contributed by atoms with E-state index in [9.17, 15) is 4.79 Å². The Morgan fingerprint density at radius 2 is 2.04 bits per heavy atom. The third-order valence-electron chi connectivity index (χ3n) is 5.96. The third-order valence-corrected chi connectivity index (χ3v) is 5.96. The summed E-state index contributed by atoms with van der Waals surface area (Å²) in [5, 5.41) is 3.03. The maximum atomic E-state index is 12.5. The Balaban J connectivity index is 1.29. The van der Waals surface area contributed by atoms with Gasteiger partial charge in [-0.15, -0.1) is 0 Å². The van der Waals surface area contributed by atoms with Crippen molar-refractivity contribution in [3.8, 4) is 11.5 Å². The topological polar surface area (TPSA) is 54.0 Å². The zero-order valence-corrected chi connectivity index (χ0v) is 15.6. The van der Waals surface area contributed by atoms with Crippen LogP contribution in [0, 0.1) is 5.92 Å². The lowest BCUT2D eigenvalue weighted by molar-refractivity contribution is 0.0487. The molecule has 0 spiro atoms. The van der Waals surface area contributed by atoms with Crippen LogP contribution in [0.3, 0.4) is 0 Å². The molecule has 4 rings (SSSR count). The Morgan fingerprint density at radius 1 is 1.19 bits per heavy atom. The van der Waals surface area contributed by atoms with E-state index in [1.54, 1.807) is 0 Å². The Morgan fingerprint density at radius 3 is 2.96 bits per heavy atom. The van der Waals surface area contributed by atoms with Gasteiger partial charge >= 0.3 is 6.03 Å². The van der Waals surface area contributed by atoms with Gasteiger partial charge in [-0.05, 0) is 62.4 Å². The number of fused-ring (bicyclic) bond motifs is 2. The van der Waals surface area contributed by atoms with Crippen LogP contribution in [-0.2, 0) is 6.54 Å². The minimum absolute atomic E-state index is 0.00407. The first-order valence-corrected chi connectivity index (χ1v) is 9.82. The lowest BCUT2D eigenvalue weighted by Gasteiger charge is -2.45. The van der Waals surface area contributed by atoms with Crippen molar-refractivity contribution in [3.63, 3.8) is 0 Å². The molecule has 2 saturated heterocycles. The van der Waals surface area contributed by atoms with Crippen LogP contribution in [0.2, 0.25) is 0 Å². The van der Waals surface area contributed by atoms with Gasteiger partial charge in [-0.2, -0.15) is 0 Å².